The molecule has 1 aromatic heterocycles. The van der Waals surface area contributed by atoms with Crippen molar-refractivity contribution in [3.05, 3.63) is 17.7 Å². The van der Waals surface area contributed by atoms with Crippen LogP contribution in [0.25, 0.3) is 0 Å². The lowest BCUT2D eigenvalue weighted by Gasteiger charge is -2.47. The predicted octanol–water partition coefficient (Wildman–Crippen LogP) is 1.75. The number of aromatic nitrogens is 2. The van der Waals surface area contributed by atoms with E-state index in [0.717, 1.165) is 56.8 Å². The molecule has 2 aliphatic rings. The van der Waals surface area contributed by atoms with E-state index in [-0.39, 0.29) is 17.2 Å². The highest BCUT2D eigenvalue weighted by atomic mass is 16.2. The van der Waals surface area contributed by atoms with Gasteiger partial charge in [-0.05, 0) is 45.4 Å². The zero-order valence-corrected chi connectivity index (χ0v) is 15.0. The van der Waals surface area contributed by atoms with Gasteiger partial charge in [0.15, 0.2) is 0 Å². The molecule has 132 valence electrons. The second-order valence-electron chi connectivity index (χ2n) is 7.33. The minimum atomic E-state index is 0.171. The first-order valence-electron chi connectivity index (χ1n) is 8.98. The molecule has 2 fully saturated rings. The van der Waals surface area contributed by atoms with Crippen LogP contribution in [0.5, 0.6) is 0 Å². The summed E-state index contributed by atoms with van der Waals surface area (Å²) in [6.07, 6.45) is 5.40. The van der Waals surface area contributed by atoms with Gasteiger partial charge in [0.1, 0.15) is 6.54 Å². The molecule has 1 spiro atoms. The van der Waals surface area contributed by atoms with E-state index in [1.54, 1.807) is 6.33 Å². The Morgan fingerprint density at radius 3 is 2.54 bits per heavy atom. The molecule has 3 rings (SSSR count). The van der Waals surface area contributed by atoms with Gasteiger partial charge in [0, 0.05) is 38.3 Å². The number of piperidine rings is 2. The molecular weight excluding hydrogens is 304 g/mol. The molecule has 3 heterocycles. The van der Waals surface area contributed by atoms with Crippen molar-refractivity contribution < 1.29 is 9.59 Å². The second kappa shape index (κ2) is 6.57. The zero-order chi connectivity index (χ0) is 17.3. The lowest BCUT2D eigenvalue weighted by molar-refractivity contribution is -0.142. The normalized spacial score (nSPS) is 20.7. The van der Waals surface area contributed by atoms with Gasteiger partial charge in [-0.3, -0.25) is 9.59 Å². The highest BCUT2D eigenvalue weighted by Gasteiger charge is 2.41. The van der Waals surface area contributed by atoms with Crippen LogP contribution in [0.4, 0.5) is 0 Å². The van der Waals surface area contributed by atoms with Gasteiger partial charge in [0.25, 0.3) is 0 Å². The minimum Gasteiger partial charge on any atom is -0.342 e. The topological polar surface area (TPSA) is 58.4 Å². The Balaban J connectivity index is 1.57. The third-order valence-corrected chi connectivity index (χ3v) is 5.96. The third-order valence-electron chi connectivity index (χ3n) is 5.96. The fourth-order valence-corrected chi connectivity index (χ4v) is 3.98. The summed E-state index contributed by atoms with van der Waals surface area (Å²) in [6.45, 7) is 9.65. The Hall–Kier alpha value is -1.85. The molecule has 6 heteroatoms. The van der Waals surface area contributed by atoms with Crippen molar-refractivity contribution in [3.8, 4) is 0 Å². The quantitative estimate of drug-likeness (QED) is 0.847. The standard InChI is InChI=1S/C18H28N4O2/c1-4-20-12-18(6-5-16(20)23)7-9-21(10-8-18)17(24)11-22-13-19-14(2)15(22)3/h13H,4-12H2,1-3H3. The van der Waals surface area contributed by atoms with Crippen molar-refractivity contribution in [2.24, 2.45) is 5.41 Å². The summed E-state index contributed by atoms with van der Waals surface area (Å²) in [4.78, 5) is 32.7. The first-order chi connectivity index (χ1) is 11.4. The maximum Gasteiger partial charge on any atom is 0.242 e. The van der Waals surface area contributed by atoms with Crippen molar-refractivity contribution in [3.63, 3.8) is 0 Å². The van der Waals surface area contributed by atoms with Gasteiger partial charge in [0.05, 0.1) is 12.0 Å². The number of imidazole rings is 1. The van der Waals surface area contributed by atoms with Gasteiger partial charge in [0.2, 0.25) is 11.8 Å². The van der Waals surface area contributed by atoms with E-state index in [0.29, 0.717) is 13.0 Å². The monoisotopic (exact) mass is 332 g/mol. The fourth-order valence-electron chi connectivity index (χ4n) is 3.98. The molecule has 0 N–H and O–H groups in total. The van der Waals surface area contributed by atoms with Gasteiger partial charge in [-0.15, -0.1) is 0 Å². The summed E-state index contributed by atoms with van der Waals surface area (Å²) in [7, 11) is 0. The van der Waals surface area contributed by atoms with Crippen molar-refractivity contribution in [2.45, 2.75) is 53.0 Å². The average molecular weight is 332 g/mol. The Bertz CT molecular complexity index is 629. The molecule has 0 aliphatic carbocycles. The lowest BCUT2D eigenvalue weighted by Crippen LogP contribution is -2.52. The first kappa shape index (κ1) is 17.0. The highest BCUT2D eigenvalue weighted by Crippen LogP contribution is 2.40. The van der Waals surface area contributed by atoms with E-state index in [1.807, 2.05) is 35.1 Å². The second-order valence-corrected chi connectivity index (χ2v) is 7.33. The van der Waals surface area contributed by atoms with Gasteiger partial charge < -0.3 is 14.4 Å². The van der Waals surface area contributed by atoms with Crippen LogP contribution in [0, 0.1) is 19.3 Å². The maximum atomic E-state index is 12.6. The molecule has 1 aromatic rings. The van der Waals surface area contributed by atoms with E-state index in [4.69, 9.17) is 0 Å². The van der Waals surface area contributed by atoms with Gasteiger partial charge >= 0.3 is 0 Å². The predicted molar refractivity (Wildman–Crippen MR) is 91.4 cm³/mol. The average Bonchev–Trinajstić information content (AvgIpc) is 2.90. The number of likely N-dealkylation sites (tertiary alicyclic amines) is 2. The van der Waals surface area contributed by atoms with Gasteiger partial charge in [-0.2, -0.15) is 0 Å². The number of carbonyl (C=O) groups is 2. The molecule has 24 heavy (non-hydrogen) atoms. The van der Waals surface area contributed by atoms with Crippen LogP contribution >= 0.6 is 0 Å². The van der Waals surface area contributed by atoms with Crippen LogP contribution in [0.15, 0.2) is 6.33 Å². The lowest BCUT2D eigenvalue weighted by atomic mass is 9.72. The summed E-state index contributed by atoms with van der Waals surface area (Å²) in [5.41, 5.74) is 2.26. The number of rotatable bonds is 3. The zero-order valence-electron chi connectivity index (χ0n) is 15.0. The van der Waals surface area contributed by atoms with Gasteiger partial charge in [-0.25, -0.2) is 4.98 Å². The number of aryl methyl sites for hydroxylation is 1. The third kappa shape index (κ3) is 3.19. The Labute approximate surface area is 143 Å². The molecule has 0 atom stereocenters. The molecule has 6 nitrogen and oxygen atoms in total. The number of hydrogen-bond acceptors (Lipinski definition) is 3. The number of nitrogens with zero attached hydrogens (tertiary/aromatic N) is 4. The number of carbonyl (C=O) groups excluding carboxylic acids is 2. The van der Waals surface area contributed by atoms with Crippen LogP contribution < -0.4 is 0 Å². The molecule has 2 aliphatic heterocycles. The summed E-state index contributed by atoms with van der Waals surface area (Å²) < 4.78 is 1.93. The maximum absolute atomic E-state index is 12.6. The van der Waals surface area contributed by atoms with Crippen molar-refractivity contribution in [1.29, 1.82) is 0 Å². The molecular formula is C18H28N4O2. The van der Waals surface area contributed by atoms with Crippen LogP contribution in [-0.2, 0) is 16.1 Å². The van der Waals surface area contributed by atoms with E-state index in [9.17, 15) is 9.59 Å². The number of amides is 2. The minimum absolute atomic E-state index is 0.171. The fraction of sp³-hybridized carbons (Fsp3) is 0.722. The molecule has 0 aromatic carbocycles. The summed E-state index contributed by atoms with van der Waals surface area (Å²) in [5, 5.41) is 0. The summed E-state index contributed by atoms with van der Waals surface area (Å²) >= 11 is 0. The van der Waals surface area contributed by atoms with E-state index in [2.05, 4.69) is 4.98 Å². The first-order valence-corrected chi connectivity index (χ1v) is 8.98. The Kier molecular flexibility index (Phi) is 4.65. The van der Waals surface area contributed by atoms with Crippen LogP contribution in [0.2, 0.25) is 0 Å². The molecule has 2 saturated heterocycles. The van der Waals surface area contributed by atoms with Crippen molar-refractivity contribution in [1.82, 2.24) is 19.4 Å². The van der Waals surface area contributed by atoms with Crippen molar-refractivity contribution in [2.75, 3.05) is 26.2 Å². The van der Waals surface area contributed by atoms with E-state index < -0.39 is 0 Å². The van der Waals surface area contributed by atoms with Crippen LogP contribution in [-0.4, -0.2) is 57.3 Å². The van der Waals surface area contributed by atoms with Crippen LogP contribution in [0.3, 0.4) is 0 Å². The molecule has 2 amide bonds. The van der Waals surface area contributed by atoms with Crippen LogP contribution in [0.1, 0.15) is 44.0 Å². The largest absolute Gasteiger partial charge is 0.342 e. The van der Waals surface area contributed by atoms with E-state index >= 15 is 0 Å². The Morgan fingerprint density at radius 2 is 1.96 bits per heavy atom. The molecule has 0 saturated carbocycles. The Morgan fingerprint density at radius 1 is 1.25 bits per heavy atom. The van der Waals surface area contributed by atoms with Gasteiger partial charge in [-0.1, -0.05) is 0 Å². The molecule has 0 unspecified atom stereocenters. The number of hydrogen-bond donors (Lipinski definition) is 0. The highest BCUT2D eigenvalue weighted by molar-refractivity contribution is 5.77. The molecule has 0 bridgehead atoms. The van der Waals surface area contributed by atoms with Crippen molar-refractivity contribution >= 4 is 11.8 Å². The smallest absolute Gasteiger partial charge is 0.242 e. The molecule has 0 radical (unpaired) electrons. The summed E-state index contributed by atoms with van der Waals surface area (Å²) in [6, 6.07) is 0. The SMILES string of the molecule is CCN1CC2(CCC1=O)CCN(C(=O)Cn1cnc(C)c1C)CC2. The van der Waals surface area contributed by atoms with E-state index in [1.165, 1.54) is 0 Å². The summed E-state index contributed by atoms with van der Waals surface area (Å²) in [5.74, 6) is 0.456.